The molecule has 2 aliphatic heterocycles. The van der Waals surface area contributed by atoms with E-state index in [0.29, 0.717) is 6.07 Å². The van der Waals surface area contributed by atoms with Gasteiger partial charge < -0.3 is 10.2 Å². The Morgan fingerprint density at radius 3 is 2.59 bits per heavy atom. The maximum atomic E-state index is 14.2. The normalized spacial score (nSPS) is 22.9. The standard InChI is InChI=1S/C19H16F5N5O3S2/c1-28-15(31)12-9(27-34-16(12)29(2)18(28)32)5-11(30)26-17-25-10(6-33-17)7-3-4-8(19(22,23)24)14(21)13(7)20/h3-4,6,9,12,16,27H,5H2,1-2H3,(H,25,26,30). The third kappa shape index (κ3) is 4.22. The van der Waals surface area contributed by atoms with Gasteiger partial charge >= 0.3 is 12.2 Å². The molecule has 2 aliphatic rings. The van der Waals surface area contributed by atoms with E-state index in [4.69, 9.17) is 0 Å². The zero-order valence-electron chi connectivity index (χ0n) is 17.4. The third-order valence-corrected chi connectivity index (χ3v) is 7.53. The number of alkyl halides is 3. The van der Waals surface area contributed by atoms with Gasteiger partial charge in [0.1, 0.15) is 5.37 Å². The molecular weight excluding hydrogens is 505 g/mol. The largest absolute Gasteiger partial charge is 0.419 e. The first-order valence-electron chi connectivity index (χ1n) is 9.66. The summed E-state index contributed by atoms with van der Waals surface area (Å²) in [6.45, 7) is 0. The van der Waals surface area contributed by atoms with Crippen molar-refractivity contribution in [3.8, 4) is 11.3 Å². The number of carbonyl (C=O) groups is 3. The van der Waals surface area contributed by atoms with Gasteiger partial charge in [0, 0.05) is 37.5 Å². The van der Waals surface area contributed by atoms with Gasteiger partial charge in [0.15, 0.2) is 16.8 Å². The highest BCUT2D eigenvalue weighted by Crippen LogP contribution is 2.38. The molecule has 0 spiro atoms. The highest BCUT2D eigenvalue weighted by atomic mass is 32.2. The number of hydrogen-bond acceptors (Lipinski definition) is 7. The summed E-state index contributed by atoms with van der Waals surface area (Å²) in [6, 6.07) is 0.157. The van der Waals surface area contributed by atoms with Crippen molar-refractivity contribution in [2.75, 3.05) is 19.4 Å². The van der Waals surface area contributed by atoms with Crippen LogP contribution < -0.4 is 10.0 Å². The monoisotopic (exact) mass is 521 g/mol. The van der Waals surface area contributed by atoms with Gasteiger partial charge in [-0.1, -0.05) is 11.9 Å². The quantitative estimate of drug-likeness (QED) is 0.473. The first kappa shape index (κ1) is 24.3. The fourth-order valence-electron chi connectivity index (χ4n) is 3.74. The van der Waals surface area contributed by atoms with Crippen LogP contribution in [0.5, 0.6) is 0 Å². The van der Waals surface area contributed by atoms with Gasteiger partial charge in [0.2, 0.25) is 11.8 Å². The molecule has 8 nitrogen and oxygen atoms in total. The van der Waals surface area contributed by atoms with Gasteiger partial charge in [0.25, 0.3) is 0 Å². The van der Waals surface area contributed by atoms with E-state index < -0.39 is 64.1 Å². The molecule has 0 aliphatic carbocycles. The number of imide groups is 1. The second-order valence-electron chi connectivity index (χ2n) is 7.63. The van der Waals surface area contributed by atoms with Crippen LogP contribution in [0.3, 0.4) is 0 Å². The van der Waals surface area contributed by atoms with Crippen molar-refractivity contribution in [3.63, 3.8) is 0 Å². The lowest BCUT2D eigenvalue weighted by molar-refractivity contribution is -0.140. The number of benzene rings is 1. The lowest BCUT2D eigenvalue weighted by Crippen LogP contribution is -2.58. The Kier molecular flexibility index (Phi) is 6.29. The lowest BCUT2D eigenvalue weighted by atomic mass is 9.93. The predicted octanol–water partition coefficient (Wildman–Crippen LogP) is 3.52. The number of hydrogen-bond donors (Lipinski definition) is 2. The van der Waals surface area contributed by atoms with Gasteiger partial charge in [0.05, 0.1) is 17.2 Å². The first-order chi connectivity index (χ1) is 15.9. The average Bonchev–Trinajstić information content (AvgIpc) is 3.39. The zero-order chi connectivity index (χ0) is 24.9. The Bertz CT molecular complexity index is 1170. The summed E-state index contributed by atoms with van der Waals surface area (Å²) in [5.74, 6) is -5.34. The maximum absolute atomic E-state index is 14.2. The smallest absolute Gasteiger partial charge is 0.313 e. The summed E-state index contributed by atoms with van der Waals surface area (Å²) in [5.41, 5.74) is -2.36. The molecule has 15 heteroatoms. The Hall–Kier alpha value is -2.78. The minimum absolute atomic E-state index is 0.0151. The van der Waals surface area contributed by atoms with E-state index in [2.05, 4.69) is 15.0 Å². The molecule has 0 radical (unpaired) electrons. The van der Waals surface area contributed by atoms with Gasteiger partial charge in [-0.3, -0.25) is 19.2 Å². The number of amides is 4. The van der Waals surface area contributed by atoms with E-state index in [1.54, 1.807) is 7.05 Å². The van der Waals surface area contributed by atoms with Crippen LogP contribution in [0.4, 0.5) is 31.9 Å². The van der Waals surface area contributed by atoms with Crippen LogP contribution in [-0.4, -0.2) is 58.1 Å². The van der Waals surface area contributed by atoms with E-state index in [0.717, 1.165) is 34.3 Å². The van der Waals surface area contributed by atoms with Crippen molar-refractivity contribution in [3.05, 3.63) is 34.7 Å². The molecule has 2 fully saturated rings. The number of carbonyl (C=O) groups excluding carboxylic acids is 3. The van der Waals surface area contributed by atoms with Gasteiger partial charge in [-0.05, 0) is 12.1 Å². The van der Waals surface area contributed by atoms with Gasteiger partial charge in [-0.2, -0.15) is 13.2 Å². The van der Waals surface area contributed by atoms with Gasteiger partial charge in [-0.25, -0.2) is 18.6 Å². The minimum atomic E-state index is -5.05. The highest BCUT2D eigenvalue weighted by Gasteiger charge is 2.51. The van der Waals surface area contributed by atoms with Crippen LogP contribution in [0.2, 0.25) is 0 Å². The zero-order valence-corrected chi connectivity index (χ0v) is 19.1. The molecule has 2 aromatic rings. The summed E-state index contributed by atoms with van der Waals surface area (Å²) >= 11 is 2.04. The molecule has 0 saturated carbocycles. The van der Waals surface area contributed by atoms with Crippen molar-refractivity contribution >= 4 is 46.3 Å². The van der Waals surface area contributed by atoms with E-state index >= 15 is 0 Å². The van der Waals surface area contributed by atoms with E-state index in [-0.39, 0.29) is 17.2 Å². The predicted molar refractivity (Wildman–Crippen MR) is 113 cm³/mol. The van der Waals surface area contributed by atoms with Crippen molar-refractivity contribution < 1.29 is 36.3 Å². The second kappa shape index (κ2) is 8.78. The number of nitrogens with zero attached hydrogens (tertiary/aromatic N) is 3. The van der Waals surface area contributed by atoms with Crippen LogP contribution in [0.1, 0.15) is 12.0 Å². The van der Waals surface area contributed by atoms with Crippen molar-refractivity contribution in [1.29, 1.82) is 0 Å². The molecule has 3 unspecified atom stereocenters. The fourth-order valence-corrected chi connectivity index (χ4v) is 5.71. The molecule has 3 heterocycles. The topological polar surface area (TPSA) is 94.6 Å². The van der Waals surface area contributed by atoms with Crippen LogP contribution in [-0.2, 0) is 15.8 Å². The number of halogens is 5. The minimum Gasteiger partial charge on any atom is -0.313 e. The summed E-state index contributed by atoms with van der Waals surface area (Å²) in [6.07, 6.45) is -5.19. The molecule has 0 bridgehead atoms. The van der Waals surface area contributed by atoms with Crippen LogP contribution in [0, 0.1) is 17.6 Å². The third-order valence-electron chi connectivity index (χ3n) is 5.49. The number of fused-ring (bicyclic) bond motifs is 1. The summed E-state index contributed by atoms with van der Waals surface area (Å²) < 4.78 is 69.4. The molecular formula is C19H16F5N5O3S2. The van der Waals surface area contributed by atoms with Crippen LogP contribution >= 0.6 is 23.3 Å². The Morgan fingerprint density at radius 2 is 1.91 bits per heavy atom. The highest BCUT2D eigenvalue weighted by molar-refractivity contribution is 7.98. The molecule has 34 heavy (non-hydrogen) atoms. The number of aromatic nitrogens is 1. The molecule has 3 atom stereocenters. The Labute approximate surface area is 197 Å². The van der Waals surface area contributed by atoms with Crippen molar-refractivity contribution in [1.82, 2.24) is 19.5 Å². The fraction of sp³-hybridized carbons (Fsp3) is 0.368. The summed E-state index contributed by atoms with van der Waals surface area (Å²) in [7, 11) is 2.91. The maximum Gasteiger partial charge on any atom is 0.419 e. The van der Waals surface area contributed by atoms with Crippen LogP contribution in [0.15, 0.2) is 17.5 Å². The molecule has 4 amide bonds. The molecule has 1 aromatic carbocycles. The summed E-state index contributed by atoms with van der Waals surface area (Å²) in [4.78, 5) is 43.5. The Morgan fingerprint density at radius 1 is 1.21 bits per heavy atom. The number of anilines is 1. The molecule has 182 valence electrons. The van der Waals surface area contributed by atoms with E-state index in [1.807, 2.05) is 0 Å². The number of thiazole rings is 1. The average molecular weight is 521 g/mol. The van der Waals surface area contributed by atoms with Crippen molar-refractivity contribution in [2.24, 2.45) is 5.92 Å². The SMILES string of the molecule is CN1C(=O)C2C(CC(=O)Nc3nc(-c4ccc(C(F)(F)F)c(F)c4F)cs3)NSC2N(C)C1=O. The number of urea groups is 1. The molecule has 2 saturated heterocycles. The number of rotatable bonds is 4. The van der Waals surface area contributed by atoms with Crippen molar-refractivity contribution in [2.45, 2.75) is 24.0 Å². The lowest BCUT2D eigenvalue weighted by Gasteiger charge is -2.38. The molecule has 2 N–H and O–H groups in total. The van der Waals surface area contributed by atoms with Crippen LogP contribution in [0.25, 0.3) is 11.3 Å². The Balaban J connectivity index is 1.45. The summed E-state index contributed by atoms with van der Waals surface area (Å²) in [5, 5.41) is 3.29. The first-order valence-corrected chi connectivity index (χ1v) is 11.4. The van der Waals surface area contributed by atoms with E-state index in [9.17, 15) is 36.3 Å². The number of nitrogens with one attached hydrogen (secondary N) is 2. The van der Waals surface area contributed by atoms with Gasteiger partial charge in [-0.15, -0.1) is 11.3 Å². The van der Waals surface area contributed by atoms with E-state index in [1.165, 1.54) is 17.3 Å². The molecule has 1 aromatic heterocycles. The second-order valence-corrected chi connectivity index (χ2v) is 9.44. The molecule has 4 rings (SSSR count).